The number of hydrogen-bond donors (Lipinski definition) is 0. The molecule has 0 N–H and O–H groups in total. The van der Waals surface area contributed by atoms with Crippen molar-refractivity contribution in [1.29, 1.82) is 0 Å². The second kappa shape index (κ2) is 11.6. The molecule has 2 aliphatic carbocycles. The van der Waals surface area contributed by atoms with E-state index in [0.717, 1.165) is 44.1 Å². The van der Waals surface area contributed by atoms with Crippen LogP contribution in [0.15, 0.2) is 0 Å². The minimum atomic E-state index is -3.98. The van der Waals surface area contributed by atoms with Crippen molar-refractivity contribution in [2.75, 3.05) is 6.61 Å². The van der Waals surface area contributed by atoms with Crippen LogP contribution in [0, 0.1) is 17.8 Å². The predicted octanol–water partition coefficient (Wildman–Crippen LogP) is 7.68. The van der Waals surface area contributed by atoms with E-state index in [9.17, 15) is 13.2 Å². The average molecular weight is 377 g/mol. The fourth-order valence-corrected chi connectivity index (χ4v) is 5.00. The van der Waals surface area contributed by atoms with Crippen LogP contribution in [-0.4, -0.2) is 18.9 Å². The molecular weight excluding hydrogens is 337 g/mol. The molecule has 0 saturated heterocycles. The van der Waals surface area contributed by atoms with Crippen molar-refractivity contribution in [1.82, 2.24) is 0 Å². The van der Waals surface area contributed by atoms with E-state index in [1.807, 2.05) is 0 Å². The molecule has 0 amide bonds. The molecule has 0 radical (unpaired) electrons. The zero-order chi connectivity index (χ0) is 18.8. The SMILES string of the molecule is CCCCCCCO[C@H]1CC[C@H]([C@H]2CC[C@H](CCC(F)(F)F)CC2)CC1. The molecule has 4 heteroatoms. The summed E-state index contributed by atoms with van der Waals surface area (Å²) in [6, 6.07) is 0. The second-order valence-electron chi connectivity index (χ2n) is 8.76. The number of unbranched alkanes of at least 4 members (excludes halogenated alkanes) is 4. The first kappa shape index (κ1) is 22.0. The van der Waals surface area contributed by atoms with Gasteiger partial charge in [0.05, 0.1) is 6.10 Å². The first-order valence-corrected chi connectivity index (χ1v) is 11.2. The molecule has 0 unspecified atom stereocenters. The van der Waals surface area contributed by atoms with Gasteiger partial charge in [-0.1, -0.05) is 45.4 Å². The van der Waals surface area contributed by atoms with E-state index in [0.29, 0.717) is 18.4 Å². The predicted molar refractivity (Wildman–Crippen MR) is 101 cm³/mol. The Labute approximate surface area is 158 Å². The highest BCUT2D eigenvalue weighted by Gasteiger charge is 2.33. The lowest BCUT2D eigenvalue weighted by molar-refractivity contribution is -0.138. The van der Waals surface area contributed by atoms with Crippen LogP contribution in [0.3, 0.4) is 0 Å². The Hall–Kier alpha value is -0.250. The maximum absolute atomic E-state index is 12.4. The van der Waals surface area contributed by atoms with Gasteiger partial charge in [0, 0.05) is 13.0 Å². The summed E-state index contributed by atoms with van der Waals surface area (Å²) in [6.07, 6.45) is 11.9. The second-order valence-corrected chi connectivity index (χ2v) is 8.76. The van der Waals surface area contributed by atoms with Crippen LogP contribution in [0.4, 0.5) is 13.2 Å². The average Bonchev–Trinajstić information content (AvgIpc) is 2.63. The fraction of sp³-hybridized carbons (Fsp3) is 1.00. The van der Waals surface area contributed by atoms with Crippen LogP contribution in [0.5, 0.6) is 0 Å². The van der Waals surface area contributed by atoms with Gasteiger partial charge >= 0.3 is 6.18 Å². The van der Waals surface area contributed by atoms with Gasteiger partial charge in [0.15, 0.2) is 0 Å². The van der Waals surface area contributed by atoms with Gasteiger partial charge in [-0.15, -0.1) is 0 Å². The molecular formula is C22H39F3O. The molecule has 26 heavy (non-hydrogen) atoms. The topological polar surface area (TPSA) is 9.23 Å². The summed E-state index contributed by atoms with van der Waals surface area (Å²) in [6.45, 7) is 3.16. The number of hydrogen-bond acceptors (Lipinski definition) is 1. The molecule has 2 saturated carbocycles. The first-order chi connectivity index (χ1) is 12.5. The van der Waals surface area contributed by atoms with Crippen molar-refractivity contribution in [3.05, 3.63) is 0 Å². The molecule has 2 aliphatic rings. The van der Waals surface area contributed by atoms with E-state index >= 15 is 0 Å². The minimum absolute atomic E-state index is 0.306. The Morgan fingerprint density at radius 3 is 1.92 bits per heavy atom. The third-order valence-corrected chi connectivity index (χ3v) is 6.71. The van der Waals surface area contributed by atoms with Gasteiger partial charge in [-0.3, -0.25) is 0 Å². The van der Waals surface area contributed by atoms with Gasteiger partial charge in [-0.2, -0.15) is 13.2 Å². The Balaban J connectivity index is 1.53. The Kier molecular flexibility index (Phi) is 9.80. The summed E-state index contributed by atoms with van der Waals surface area (Å²) in [7, 11) is 0. The molecule has 2 fully saturated rings. The monoisotopic (exact) mass is 376 g/mol. The van der Waals surface area contributed by atoms with E-state index in [4.69, 9.17) is 4.74 Å². The van der Waals surface area contributed by atoms with Crippen LogP contribution in [0.2, 0.25) is 0 Å². The van der Waals surface area contributed by atoms with Gasteiger partial charge in [-0.25, -0.2) is 0 Å². The van der Waals surface area contributed by atoms with E-state index in [2.05, 4.69) is 6.92 Å². The lowest BCUT2D eigenvalue weighted by Gasteiger charge is -2.38. The third-order valence-electron chi connectivity index (χ3n) is 6.71. The first-order valence-electron chi connectivity index (χ1n) is 11.2. The van der Waals surface area contributed by atoms with Crippen molar-refractivity contribution in [2.45, 2.75) is 116 Å². The summed E-state index contributed by atoms with van der Waals surface area (Å²) in [4.78, 5) is 0. The maximum Gasteiger partial charge on any atom is 0.389 e. The van der Waals surface area contributed by atoms with E-state index in [1.54, 1.807) is 0 Å². The van der Waals surface area contributed by atoms with Crippen LogP contribution < -0.4 is 0 Å². The molecule has 0 aromatic heterocycles. The van der Waals surface area contributed by atoms with Gasteiger partial charge in [0.25, 0.3) is 0 Å². The third kappa shape index (κ3) is 8.63. The smallest absolute Gasteiger partial charge is 0.378 e. The van der Waals surface area contributed by atoms with Crippen molar-refractivity contribution in [3.8, 4) is 0 Å². The van der Waals surface area contributed by atoms with Gasteiger partial charge in [0.1, 0.15) is 0 Å². The lowest BCUT2D eigenvalue weighted by Crippen LogP contribution is -2.29. The van der Waals surface area contributed by atoms with E-state index < -0.39 is 12.6 Å². The van der Waals surface area contributed by atoms with Crippen molar-refractivity contribution < 1.29 is 17.9 Å². The van der Waals surface area contributed by atoms with Crippen molar-refractivity contribution >= 4 is 0 Å². The normalized spacial score (nSPS) is 30.5. The zero-order valence-electron chi connectivity index (χ0n) is 16.7. The van der Waals surface area contributed by atoms with Gasteiger partial charge < -0.3 is 4.74 Å². The number of halogens is 3. The molecule has 0 atom stereocenters. The zero-order valence-corrected chi connectivity index (χ0v) is 16.7. The molecule has 0 aliphatic heterocycles. The molecule has 0 aromatic carbocycles. The summed E-state index contributed by atoms with van der Waals surface area (Å²) in [5.74, 6) is 1.86. The molecule has 0 spiro atoms. The minimum Gasteiger partial charge on any atom is -0.378 e. The summed E-state index contributed by atoms with van der Waals surface area (Å²) >= 11 is 0. The Morgan fingerprint density at radius 1 is 0.769 bits per heavy atom. The van der Waals surface area contributed by atoms with Gasteiger partial charge in [-0.05, 0) is 69.1 Å². The maximum atomic E-state index is 12.4. The molecule has 0 bridgehead atoms. The van der Waals surface area contributed by atoms with Crippen LogP contribution >= 0.6 is 0 Å². The number of rotatable bonds is 10. The van der Waals surface area contributed by atoms with E-state index in [1.165, 1.54) is 57.8 Å². The largest absolute Gasteiger partial charge is 0.389 e. The highest BCUT2D eigenvalue weighted by molar-refractivity contribution is 4.82. The quantitative estimate of drug-likeness (QED) is 0.355. The molecule has 1 nitrogen and oxygen atoms in total. The molecule has 154 valence electrons. The van der Waals surface area contributed by atoms with Crippen LogP contribution in [0.1, 0.15) is 103 Å². The molecule has 2 rings (SSSR count). The molecule has 0 aromatic rings. The lowest BCUT2D eigenvalue weighted by atomic mass is 9.70. The highest BCUT2D eigenvalue weighted by atomic mass is 19.4. The highest BCUT2D eigenvalue weighted by Crippen LogP contribution is 2.42. The standard InChI is InChI=1S/C22H39F3O/c1-2-3-4-5-6-17-26-21-13-11-20(12-14-21)19-9-7-18(8-10-19)15-16-22(23,24)25/h18-21H,2-17H2,1H3/t18-,19-,20-,21-. The van der Waals surface area contributed by atoms with Crippen molar-refractivity contribution in [2.24, 2.45) is 17.8 Å². The Bertz CT molecular complexity index is 353. The molecule has 0 heterocycles. The van der Waals surface area contributed by atoms with Gasteiger partial charge in [0.2, 0.25) is 0 Å². The fourth-order valence-electron chi connectivity index (χ4n) is 5.00. The summed E-state index contributed by atoms with van der Waals surface area (Å²) in [5.41, 5.74) is 0. The summed E-state index contributed by atoms with van der Waals surface area (Å²) < 4.78 is 43.2. The number of ether oxygens (including phenoxy) is 1. The van der Waals surface area contributed by atoms with Crippen LogP contribution in [0.25, 0.3) is 0 Å². The van der Waals surface area contributed by atoms with Crippen LogP contribution in [-0.2, 0) is 4.74 Å². The Morgan fingerprint density at radius 2 is 1.35 bits per heavy atom. The summed E-state index contributed by atoms with van der Waals surface area (Å²) in [5, 5.41) is 0. The van der Waals surface area contributed by atoms with E-state index in [-0.39, 0.29) is 0 Å². The van der Waals surface area contributed by atoms with Crippen molar-refractivity contribution in [3.63, 3.8) is 0 Å². The number of alkyl halides is 3.